The van der Waals surface area contributed by atoms with E-state index in [2.05, 4.69) is 20.9 Å². The lowest BCUT2D eigenvalue weighted by atomic mass is 10.1. The molecule has 1 aliphatic rings. The summed E-state index contributed by atoms with van der Waals surface area (Å²) in [5.74, 6) is 0.0562. The molecule has 1 fully saturated rings. The van der Waals surface area contributed by atoms with E-state index in [0.29, 0.717) is 24.2 Å². The van der Waals surface area contributed by atoms with Crippen LogP contribution in [-0.4, -0.2) is 51.5 Å². The molecule has 156 valence electrons. The summed E-state index contributed by atoms with van der Waals surface area (Å²) in [6.07, 6.45) is 3.32. The lowest BCUT2D eigenvalue weighted by molar-refractivity contribution is 0.0724. The Morgan fingerprint density at radius 2 is 1.87 bits per heavy atom. The Labute approximate surface area is 175 Å². The summed E-state index contributed by atoms with van der Waals surface area (Å²) in [6.45, 7) is 4.47. The largest absolute Gasteiger partial charge is 0.339 e. The number of fused-ring (bicyclic) bond motifs is 1. The number of nitrogens with zero attached hydrogens (tertiary/aromatic N) is 4. The number of anilines is 1. The minimum Gasteiger partial charge on any atom is -0.339 e. The maximum Gasteiger partial charge on any atom is 0.319 e. The third-order valence-corrected chi connectivity index (χ3v) is 5.41. The molecule has 0 unspecified atom stereocenters. The molecule has 30 heavy (non-hydrogen) atoms. The van der Waals surface area contributed by atoms with Crippen LogP contribution in [0.1, 0.15) is 35.2 Å². The van der Waals surface area contributed by atoms with Gasteiger partial charge in [-0.25, -0.2) is 9.48 Å². The number of para-hydroxylation sites is 1. The van der Waals surface area contributed by atoms with Crippen molar-refractivity contribution >= 4 is 28.7 Å². The van der Waals surface area contributed by atoms with Gasteiger partial charge in [0.2, 0.25) is 0 Å². The summed E-state index contributed by atoms with van der Waals surface area (Å²) in [6, 6.07) is 12.9. The molecule has 4 rings (SSSR count). The van der Waals surface area contributed by atoms with Gasteiger partial charge in [-0.3, -0.25) is 4.79 Å². The van der Waals surface area contributed by atoms with Crippen LogP contribution in [0, 0.1) is 6.92 Å². The number of rotatable bonds is 5. The van der Waals surface area contributed by atoms with E-state index in [0.717, 1.165) is 42.7 Å². The van der Waals surface area contributed by atoms with Gasteiger partial charge in [0.05, 0.1) is 12.1 Å². The summed E-state index contributed by atoms with van der Waals surface area (Å²) in [5, 5.41) is 14.0. The highest BCUT2D eigenvalue weighted by Crippen LogP contribution is 2.18. The molecule has 8 nitrogen and oxygen atoms in total. The van der Waals surface area contributed by atoms with Crippen molar-refractivity contribution in [2.24, 2.45) is 0 Å². The van der Waals surface area contributed by atoms with Crippen molar-refractivity contribution in [1.82, 2.24) is 25.2 Å². The number of likely N-dealkylation sites (tertiary alicyclic amines) is 1. The number of carbonyl (C=O) groups is 2. The normalized spacial score (nSPS) is 14.0. The van der Waals surface area contributed by atoms with Gasteiger partial charge in [-0.15, -0.1) is 5.10 Å². The Morgan fingerprint density at radius 1 is 1.07 bits per heavy atom. The highest BCUT2D eigenvalue weighted by molar-refractivity contribution is 5.97. The highest BCUT2D eigenvalue weighted by Gasteiger charge is 2.19. The smallest absolute Gasteiger partial charge is 0.319 e. The molecule has 2 aromatic carbocycles. The van der Waals surface area contributed by atoms with E-state index in [1.807, 2.05) is 48.2 Å². The summed E-state index contributed by atoms with van der Waals surface area (Å²) in [5.41, 5.74) is 3.96. The van der Waals surface area contributed by atoms with Crippen LogP contribution in [0.4, 0.5) is 10.5 Å². The Bertz CT molecular complexity index is 1050. The number of nitrogens with one attached hydrogen (secondary N) is 2. The fraction of sp³-hybridized carbons (Fsp3) is 0.364. The maximum atomic E-state index is 12.7. The van der Waals surface area contributed by atoms with Gasteiger partial charge in [0.25, 0.3) is 5.91 Å². The molecule has 2 N–H and O–H groups in total. The SMILES string of the molecule is Cc1ccccc1NC(=O)NCCn1nnc2cc(C(=O)N3CCCCC3)ccc21. The predicted molar refractivity (Wildman–Crippen MR) is 115 cm³/mol. The Hall–Kier alpha value is -3.42. The molecule has 2 heterocycles. The summed E-state index contributed by atoms with van der Waals surface area (Å²) < 4.78 is 1.73. The number of hydrogen-bond donors (Lipinski definition) is 2. The highest BCUT2D eigenvalue weighted by atomic mass is 16.2. The van der Waals surface area contributed by atoms with E-state index in [1.165, 1.54) is 6.42 Å². The first-order valence-electron chi connectivity index (χ1n) is 10.3. The Morgan fingerprint density at radius 3 is 2.67 bits per heavy atom. The van der Waals surface area contributed by atoms with E-state index in [1.54, 1.807) is 10.7 Å². The van der Waals surface area contributed by atoms with E-state index >= 15 is 0 Å². The number of piperidine rings is 1. The molecule has 1 saturated heterocycles. The second-order valence-electron chi connectivity index (χ2n) is 7.56. The molecule has 0 spiro atoms. The second-order valence-corrected chi connectivity index (χ2v) is 7.56. The molecule has 0 radical (unpaired) electrons. The zero-order valence-electron chi connectivity index (χ0n) is 17.1. The van der Waals surface area contributed by atoms with Crippen molar-refractivity contribution in [3.05, 3.63) is 53.6 Å². The van der Waals surface area contributed by atoms with E-state index in [9.17, 15) is 9.59 Å². The van der Waals surface area contributed by atoms with Crippen molar-refractivity contribution in [1.29, 1.82) is 0 Å². The summed E-state index contributed by atoms with van der Waals surface area (Å²) >= 11 is 0. The average Bonchev–Trinajstić information content (AvgIpc) is 3.18. The van der Waals surface area contributed by atoms with Crippen LogP contribution in [0.25, 0.3) is 11.0 Å². The first-order valence-corrected chi connectivity index (χ1v) is 10.3. The molecular formula is C22H26N6O2. The van der Waals surface area contributed by atoms with Gasteiger partial charge in [0, 0.05) is 30.9 Å². The number of hydrogen-bond acceptors (Lipinski definition) is 4. The van der Waals surface area contributed by atoms with Crippen LogP contribution in [0.5, 0.6) is 0 Å². The van der Waals surface area contributed by atoms with E-state index < -0.39 is 0 Å². The van der Waals surface area contributed by atoms with Crippen LogP contribution in [0.2, 0.25) is 0 Å². The number of carbonyl (C=O) groups excluding carboxylic acids is 2. The van der Waals surface area contributed by atoms with Gasteiger partial charge < -0.3 is 15.5 Å². The van der Waals surface area contributed by atoms with Crippen LogP contribution < -0.4 is 10.6 Å². The lowest BCUT2D eigenvalue weighted by Gasteiger charge is -2.26. The first-order chi connectivity index (χ1) is 14.6. The molecule has 0 aliphatic carbocycles. The van der Waals surface area contributed by atoms with Gasteiger partial charge in [-0.05, 0) is 56.0 Å². The minimum absolute atomic E-state index is 0.0562. The minimum atomic E-state index is -0.261. The molecule has 1 aromatic heterocycles. The van der Waals surface area contributed by atoms with E-state index in [-0.39, 0.29) is 11.9 Å². The molecule has 0 bridgehead atoms. The van der Waals surface area contributed by atoms with Gasteiger partial charge in [0.1, 0.15) is 5.52 Å². The summed E-state index contributed by atoms with van der Waals surface area (Å²) in [7, 11) is 0. The van der Waals surface area contributed by atoms with Gasteiger partial charge in [-0.2, -0.15) is 0 Å². The van der Waals surface area contributed by atoms with Gasteiger partial charge in [-0.1, -0.05) is 23.4 Å². The van der Waals surface area contributed by atoms with Crippen LogP contribution in [-0.2, 0) is 6.54 Å². The Balaban J connectivity index is 1.35. The van der Waals surface area contributed by atoms with Gasteiger partial charge >= 0.3 is 6.03 Å². The number of benzene rings is 2. The van der Waals surface area contributed by atoms with Crippen LogP contribution >= 0.6 is 0 Å². The number of aromatic nitrogens is 3. The standard InChI is InChI=1S/C22H26N6O2/c1-16-7-3-4-8-18(16)24-22(30)23-11-14-28-20-10-9-17(15-19(20)25-26-28)21(29)27-12-5-2-6-13-27/h3-4,7-10,15H,2,5-6,11-14H2,1H3,(H2,23,24,30). The zero-order chi connectivity index (χ0) is 20.9. The third kappa shape index (κ3) is 4.42. The Kier molecular flexibility index (Phi) is 5.92. The molecule has 8 heteroatoms. The number of urea groups is 1. The molecule has 3 amide bonds. The monoisotopic (exact) mass is 406 g/mol. The fourth-order valence-electron chi connectivity index (χ4n) is 3.70. The molecule has 3 aromatic rings. The quantitative estimate of drug-likeness (QED) is 0.681. The van der Waals surface area contributed by atoms with Crippen molar-refractivity contribution in [3.8, 4) is 0 Å². The van der Waals surface area contributed by atoms with Crippen LogP contribution in [0.3, 0.4) is 0 Å². The number of aryl methyl sites for hydroxylation is 1. The molecule has 1 aliphatic heterocycles. The second kappa shape index (κ2) is 8.94. The third-order valence-electron chi connectivity index (χ3n) is 5.41. The topological polar surface area (TPSA) is 92.1 Å². The lowest BCUT2D eigenvalue weighted by Crippen LogP contribution is -2.35. The van der Waals surface area contributed by atoms with Crippen LogP contribution in [0.15, 0.2) is 42.5 Å². The predicted octanol–water partition coefficient (Wildman–Crippen LogP) is 3.19. The van der Waals surface area contributed by atoms with Gasteiger partial charge in [0.15, 0.2) is 0 Å². The van der Waals surface area contributed by atoms with E-state index in [4.69, 9.17) is 0 Å². The molecule has 0 atom stereocenters. The first kappa shape index (κ1) is 19.9. The molecule has 0 saturated carbocycles. The summed E-state index contributed by atoms with van der Waals surface area (Å²) in [4.78, 5) is 26.7. The van der Waals surface area contributed by atoms with Crippen molar-refractivity contribution < 1.29 is 9.59 Å². The maximum absolute atomic E-state index is 12.7. The average molecular weight is 406 g/mol. The molecular weight excluding hydrogens is 380 g/mol. The number of amides is 3. The zero-order valence-corrected chi connectivity index (χ0v) is 17.1. The van der Waals surface area contributed by atoms with Crippen molar-refractivity contribution in [2.75, 3.05) is 25.0 Å². The fourth-order valence-corrected chi connectivity index (χ4v) is 3.70. The van der Waals surface area contributed by atoms with Crippen molar-refractivity contribution in [3.63, 3.8) is 0 Å². The van der Waals surface area contributed by atoms with Crippen molar-refractivity contribution in [2.45, 2.75) is 32.7 Å².